The SMILES string of the molecule is COCCn1c(-c2csc(N(C(C)=O)c3ccccc3)n2)nc2ccccc21. The second kappa shape index (κ2) is 7.92. The van der Waals surface area contributed by atoms with Crippen LogP contribution in [-0.2, 0) is 16.1 Å². The minimum Gasteiger partial charge on any atom is -0.383 e. The van der Waals surface area contributed by atoms with Crippen LogP contribution in [0.2, 0.25) is 0 Å². The highest BCUT2D eigenvalue weighted by atomic mass is 32.1. The van der Waals surface area contributed by atoms with Crippen molar-refractivity contribution < 1.29 is 9.53 Å². The van der Waals surface area contributed by atoms with E-state index in [9.17, 15) is 4.79 Å². The first-order valence-corrected chi connectivity index (χ1v) is 9.83. The molecule has 0 atom stereocenters. The van der Waals surface area contributed by atoms with Crippen molar-refractivity contribution in [3.8, 4) is 11.5 Å². The van der Waals surface area contributed by atoms with Gasteiger partial charge in [0.1, 0.15) is 5.69 Å². The summed E-state index contributed by atoms with van der Waals surface area (Å²) < 4.78 is 7.38. The van der Waals surface area contributed by atoms with Gasteiger partial charge in [0.15, 0.2) is 11.0 Å². The van der Waals surface area contributed by atoms with Crippen molar-refractivity contribution in [3.05, 3.63) is 60.0 Å². The van der Waals surface area contributed by atoms with Crippen LogP contribution < -0.4 is 4.90 Å². The first kappa shape index (κ1) is 18.3. The zero-order valence-corrected chi connectivity index (χ0v) is 16.5. The van der Waals surface area contributed by atoms with E-state index in [2.05, 4.69) is 4.57 Å². The number of para-hydroxylation sites is 3. The number of hydrogen-bond donors (Lipinski definition) is 0. The summed E-state index contributed by atoms with van der Waals surface area (Å²) in [4.78, 5) is 23.4. The summed E-state index contributed by atoms with van der Waals surface area (Å²) in [6, 6.07) is 17.5. The number of nitrogens with zero attached hydrogens (tertiary/aromatic N) is 4. The van der Waals surface area contributed by atoms with Crippen LogP contribution in [0.15, 0.2) is 60.0 Å². The number of carbonyl (C=O) groups is 1. The van der Waals surface area contributed by atoms with E-state index in [4.69, 9.17) is 14.7 Å². The van der Waals surface area contributed by atoms with Gasteiger partial charge in [-0.05, 0) is 24.3 Å². The molecule has 0 N–H and O–H groups in total. The van der Waals surface area contributed by atoms with Crippen molar-refractivity contribution in [1.82, 2.24) is 14.5 Å². The lowest BCUT2D eigenvalue weighted by Gasteiger charge is -2.17. The molecule has 2 aromatic carbocycles. The van der Waals surface area contributed by atoms with E-state index < -0.39 is 0 Å². The highest BCUT2D eigenvalue weighted by Gasteiger charge is 2.20. The second-order valence-electron chi connectivity index (χ2n) is 6.27. The first-order valence-electron chi connectivity index (χ1n) is 8.95. The Bertz CT molecular complexity index is 1100. The number of amides is 1. The van der Waals surface area contributed by atoms with E-state index in [1.54, 1.807) is 18.9 Å². The Morgan fingerprint density at radius 2 is 1.86 bits per heavy atom. The molecule has 0 aliphatic carbocycles. The molecule has 0 fully saturated rings. The fourth-order valence-corrected chi connectivity index (χ4v) is 4.02. The summed E-state index contributed by atoms with van der Waals surface area (Å²) in [5.74, 6) is 0.692. The molecule has 4 aromatic rings. The molecule has 0 aliphatic heterocycles. The third-order valence-corrected chi connectivity index (χ3v) is 5.24. The van der Waals surface area contributed by atoms with E-state index in [1.165, 1.54) is 11.3 Å². The van der Waals surface area contributed by atoms with Crippen molar-refractivity contribution in [2.45, 2.75) is 13.5 Å². The van der Waals surface area contributed by atoms with Crippen molar-refractivity contribution >= 4 is 39.1 Å². The second-order valence-corrected chi connectivity index (χ2v) is 7.11. The summed E-state index contributed by atoms with van der Waals surface area (Å²) in [6.07, 6.45) is 0. The average molecular weight is 392 g/mol. The molecule has 1 amide bonds. The molecule has 0 unspecified atom stereocenters. The Labute approximate surface area is 167 Å². The van der Waals surface area contributed by atoms with E-state index >= 15 is 0 Å². The van der Waals surface area contributed by atoms with Crippen LogP contribution in [0.5, 0.6) is 0 Å². The fourth-order valence-electron chi connectivity index (χ4n) is 3.15. The van der Waals surface area contributed by atoms with E-state index in [1.807, 2.05) is 60.0 Å². The summed E-state index contributed by atoms with van der Waals surface area (Å²) in [5.41, 5.74) is 3.49. The van der Waals surface area contributed by atoms with Crippen molar-refractivity contribution in [3.63, 3.8) is 0 Å². The normalized spacial score (nSPS) is 11.1. The van der Waals surface area contributed by atoms with E-state index in [0.29, 0.717) is 18.3 Å². The fraction of sp³-hybridized carbons (Fsp3) is 0.190. The van der Waals surface area contributed by atoms with Gasteiger partial charge in [0, 0.05) is 26.0 Å². The summed E-state index contributed by atoms with van der Waals surface area (Å²) in [7, 11) is 1.68. The number of rotatable bonds is 6. The number of fused-ring (bicyclic) bond motifs is 1. The number of benzene rings is 2. The molecule has 2 aromatic heterocycles. The maximum absolute atomic E-state index is 12.3. The van der Waals surface area contributed by atoms with Crippen LogP contribution in [-0.4, -0.2) is 34.2 Å². The van der Waals surface area contributed by atoms with Crippen molar-refractivity contribution in [2.24, 2.45) is 0 Å². The first-order chi connectivity index (χ1) is 13.7. The lowest BCUT2D eigenvalue weighted by atomic mass is 10.3. The number of methoxy groups -OCH3 is 1. The molecule has 142 valence electrons. The Hall–Kier alpha value is -3.03. The Morgan fingerprint density at radius 3 is 2.61 bits per heavy atom. The largest absolute Gasteiger partial charge is 0.383 e. The van der Waals surface area contributed by atoms with Crippen LogP contribution in [0.4, 0.5) is 10.8 Å². The van der Waals surface area contributed by atoms with Crippen LogP contribution in [0, 0.1) is 0 Å². The lowest BCUT2D eigenvalue weighted by molar-refractivity contribution is -0.115. The van der Waals surface area contributed by atoms with Crippen molar-refractivity contribution in [2.75, 3.05) is 18.6 Å². The van der Waals surface area contributed by atoms with Gasteiger partial charge >= 0.3 is 0 Å². The third-order valence-electron chi connectivity index (χ3n) is 4.42. The lowest BCUT2D eigenvalue weighted by Crippen LogP contribution is -2.22. The highest BCUT2D eigenvalue weighted by Crippen LogP contribution is 2.33. The monoisotopic (exact) mass is 392 g/mol. The minimum absolute atomic E-state index is 0.0833. The molecule has 0 aliphatic rings. The minimum atomic E-state index is -0.0833. The predicted molar refractivity (Wildman–Crippen MR) is 112 cm³/mol. The number of ether oxygens (including phenoxy) is 1. The van der Waals surface area contributed by atoms with Gasteiger partial charge in [-0.15, -0.1) is 11.3 Å². The molecule has 4 rings (SSSR count). The number of thiazole rings is 1. The third kappa shape index (κ3) is 3.42. The van der Waals surface area contributed by atoms with Crippen molar-refractivity contribution in [1.29, 1.82) is 0 Å². The number of carbonyl (C=O) groups excluding carboxylic acids is 1. The molecule has 0 saturated carbocycles. The highest BCUT2D eigenvalue weighted by molar-refractivity contribution is 7.14. The van der Waals surface area contributed by atoms with Gasteiger partial charge in [-0.2, -0.15) is 0 Å². The standard InChI is InChI=1S/C21H20N4O2S/c1-15(26)25(16-8-4-3-5-9-16)21-23-18(14-28-21)20-22-17-10-6-7-11-19(17)24(20)12-13-27-2/h3-11,14H,12-13H2,1-2H3. The van der Waals surface area contributed by atoms with Crippen LogP contribution in [0.3, 0.4) is 0 Å². The van der Waals surface area contributed by atoms with Gasteiger partial charge in [0.25, 0.3) is 0 Å². The topological polar surface area (TPSA) is 60.2 Å². The molecule has 0 bridgehead atoms. The molecule has 6 nitrogen and oxygen atoms in total. The van der Waals surface area contributed by atoms with Crippen LogP contribution in [0.1, 0.15) is 6.92 Å². The molecule has 0 radical (unpaired) electrons. The molecule has 7 heteroatoms. The van der Waals surface area contributed by atoms with E-state index in [0.717, 1.165) is 28.2 Å². The molecule has 2 heterocycles. The van der Waals surface area contributed by atoms with Gasteiger partial charge in [-0.25, -0.2) is 9.97 Å². The average Bonchev–Trinajstić information content (AvgIpc) is 3.32. The van der Waals surface area contributed by atoms with Gasteiger partial charge in [-0.3, -0.25) is 9.69 Å². The summed E-state index contributed by atoms with van der Waals surface area (Å²) >= 11 is 1.43. The number of imidazole rings is 1. The maximum atomic E-state index is 12.3. The molecule has 0 spiro atoms. The molecular weight excluding hydrogens is 372 g/mol. The zero-order chi connectivity index (χ0) is 19.5. The smallest absolute Gasteiger partial charge is 0.230 e. The van der Waals surface area contributed by atoms with Gasteiger partial charge in [-0.1, -0.05) is 30.3 Å². The van der Waals surface area contributed by atoms with Crippen LogP contribution >= 0.6 is 11.3 Å². The number of aromatic nitrogens is 3. The molecule has 0 saturated heterocycles. The quantitative estimate of drug-likeness (QED) is 0.485. The number of anilines is 2. The Balaban J connectivity index is 1.78. The summed E-state index contributed by atoms with van der Waals surface area (Å²) in [6.45, 7) is 2.80. The van der Waals surface area contributed by atoms with Gasteiger partial charge in [0.05, 0.1) is 23.3 Å². The maximum Gasteiger partial charge on any atom is 0.230 e. The van der Waals surface area contributed by atoms with E-state index in [-0.39, 0.29) is 5.91 Å². The van der Waals surface area contributed by atoms with Gasteiger partial charge < -0.3 is 9.30 Å². The Morgan fingerprint density at radius 1 is 1.11 bits per heavy atom. The molecule has 28 heavy (non-hydrogen) atoms. The predicted octanol–water partition coefficient (Wildman–Crippen LogP) is 4.49. The Kier molecular flexibility index (Phi) is 5.18. The summed E-state index contributed by atoms with van der Waals surface area (Å²) in [5, 5.41) is 2.57. The zero-order valence-electron chi connectivity index (χ0n) is 15.7. The van der Waals surface area contributed by atoms with Crippen LogP contribution in [0.25, 0.3) is 22.6 Å². The van der Waals surface area contributed by atoms with Gasteiger partial charge in [0.2, 0.25) is 5.91 Å². The molecular formula is C21H20N4O2S. The number of hydrogen-bond acceptors (Lipinski definition) is 5.